The van der Waals surface area contributed by atoms with Gasteiger partial charge >= 0.3 is 0 Å². The molecule has 14 heavy (non-hydrogen) atoms. The van der Waals surface area contributed by atoms with E-state index in [0.717, 1.165) is 15.8 Å². The predicted octanol–water partition coefficient (Wildman–Crippen LogP) is 1.13. The van der Waals surface area contributed by atoms with Crippen LogP contribution in [0.4, 0.5) is 0 Å². The summed E-state index contributed by atoms with van der Waals surface area (Å²) in [4.78, 5) is 0. The molecule has 1 atom stereocenters. The molecule has 78 valence electrons. The number of rotatable bonds is 2. The summed E-state index contributed by atoms with van der Waals surface area (Å²) in [7, 11) is -2.77. The van der Waals surface area contributed by atoms with Crippen molar-refractivity contribution in [2.24, 2.45) is 0 Å². The summed E-state index contributed by atoms with van der Waals surface area (Å²) < 4.78 is 23.3. The van der Waals surface area contributed by atoms with Crippen molar-refractivity contribution in [3.8, 4) is 0 Å². The van der Waals surface area contributed by atoms with E-state index in [1.165, 1.54) is 11.3 Å². The molecule has 1 saturated heterocycles. The standard InChI is InChI=1S/C7H10N2O2S3/c1-5-8-9-7(12-5)13-6-2-3-14(10,11)4-6/h6H,2-4H2,1H3/t6-/m1/s1. The van der Waals surface area contributed by atoms with Crippen LogP contribution in [-0.4, -0.2) is 35.4 Å². The smallest absolute Gasteiger partial charge is 0.174 e. The summed E-state index contributed by atoms with van der Waals surface area (Å²) in [6.45, 7) is 1.90. The molecule has 1 aromatic rings. The number of hydrogen-bond donors (Lipinski definition) is 0. The SMILES string of the molecule is Cc1nnc(S[C@@H]2CCS(=O)(=O)C2)s1. The highest BCUT2D eigenvalue weighted by molar-refractivity contribution is 8.03. The molecule has 1 aromatic heterocycles. The van der Waals surface area contributed by atoms with Crippen molar-refractivity contribution >= 4 is 32.9 Å². The number of thioether (sulfide) groups is 1. The van der Waals surface area contributed by atoms with Crippen LogP contribution in [0.3, 0.4) is 0 Å². The van der Waals surface area contributed by atoms with Gasteiger partial charge in [0.05, 0.1) is 11.5 Å². The lowest BCUT2D eigenvalue weighted by Gasteiger charge is -2.01. The molecule has 0 saturated carbocycles. The number of sulfone groups is 1. The lowest BCUT2D eigenvalue weighted by atomic mass is 10.4. The Morgan fingerprint density at radius 3 is 2.79 bits per heavy atom. The van der Waals surface area contributed by atoms with Gasteiger partial charge in [-0.15, -0.1) is 10.2 Å². The van der Waals surface area contributed by atoms with Crippen LogP contribution in [0.1, 0.15) is 11.4 Å². The van der Waals surface area contributed by atoms with Crippen LogP contribution in [0.5, 0.6) is 0 Å². The molecule has 4 nitrogen and oxygen atoms in total. The number of aryl methyl sites for hydroxylation is 1. The topological polar surface area (TPSA) is 59.9 Å². The fourth-order valence-corrected chi connectivity index (χ4v) is 5.90. The van der Waals surface area contributed by atoms with Gasteiger partial charge < -0.3 is 0 Å². The molecule has 0 N–H and O–H groups in total. The summed E-state index contributed by atoms with van der Waals surface area (Å²) in [5.74, 6) is 0.610. The maximum absolute atomic E-state index is 11.2. The highest BCUT2D eigenvalue weighted by Gasteiger charge is 2.29. The normalized spacial score (nSPS) is 25.4. The molecule has 0 spiro atoms. The monoisotopic (exact) mass is 250 g/mol. The molecule has 1 fully saturated rings. The van der Waals surface area contributed by atoms with Gasteiger partial charge in [-0.1, -0.05) is 23.1 Å². The first-order valence-corrected chi connectivity index (χ1v) is 7.74. The van der Waals surface area contributed by atoms with Gasteiger partial charge in [0.1, 0.15) is 5.01 Å². The van der Waals surface area contributed by atoms with Gasteiger partial charge in [0.25, 0.3) is 0 Å². The molecule has 0 unspecified atom stereocenters. The van der Waals surface area contributed by atoms with E-state index in [1.54, 1.807) is 11.8 Å². The van der Waals surface area contributed by atoms with Crippen LogP contribution in [0.15, 0.2) is 4.34 Å². The van der Waals surface area contributed by atoms with Crippen LogP contribution in [0, 0.1) is 6.92 Å². The average molecular weight is 250 g/mol. The lowest BCUT2D eigenvalue weighted by Crippen LogP contribution is -2.05. The van der Waals surface area contributed by atoms with Gasteiger partial charge in [-0.2, -0.15) is 0 Å². The van der Waals surface area contributed by atoms with E-state index in [9.17, 15) is 8.42 Å². The van der Waals surface area contributed by atoms with E-state index in [-0.39, 0.29) is 11.0 Å². The summed E-state index contributed by atoms with van der Waals surface area (Å²) in [5.41, 5.74) is 0. The van der Waals surface area contributed by atoms with Crippen LogP contribution in [-0.2, 0) is 9.84 Å². The molecule has 0 bridgehead atoms. The largest absolute Gasteiger partial charge is 0.229 e. The second-order valence-corrected chi connectivity index (χ2v) is 8.19. The molecule has 2 rings (SSSR count). The summed E-state index contributed by atoms with van der Waals surface area (Å²) in [6.07, 6.45) is 0.742. The first-order valence-electron chi connectivity index (χ1n) is 4.22. The van der Waals surface area contributed by atoms with Gasteiger partial charge in [0, 0.05) is 5.25 Å². The lowest BCUT2D eigenvalue weighted by molar-refractivity contribution is 0.602. The van der Waals surface area contributed by atoms with Gasteiger partial charge in [0.2, 0.25) is 0 Å². The van der Waals surface area contributed by atoms with Crippen LogP contribution >= 0.6 is 23.1 Å². The third kappa shape index (κ3) is 2.46. The van der Waals surface area contributed by atoms with E-state index in [0.29, 0.717) is 5.75 Å². The van der Waals surface area contributed by atoms with Crippen molar-refractivity contribution in [2.45, 2.75) is 22.9 Å². The minimum absolute atomic E-state index is 0.173. The molecule has 0 aromatic carbocycles. The Bertz CT molecular complexity index is 426. The number of aromatic nitrogens is 2. The van der Waals surface area contributed by atoms with E-state index < -0.39 is 9.84 Å². The maximum atomic E-state index is 11.2. The second kappa shape index (κ2) is 3.79. The predicted molar refractivity (Wildman–Crippen MR) is 57.6 cm³/mol. The number of hydrogen-bond acceptors (Lipinski definition) is 6. The maximum Gasteiger partial charge on any atom is 0.174 e. The molecule has 1 aliphatic heterocycles. The Labute approximate surface area is 91.0 Å². The van der Waals surface area contributed by atoms with Crippen molar-refractivity contribution in [3.05, 3.63) is 5.01 Å². The van der Waals surface area contributed by atoms with E-state index in [2.05, 4.69) is 10.2 Å². The van der Waals surface area contributed by atoms with Crippen LogP contribution in [0.25, 0.3) is 0 Å². The minimum Gasteiger partial charge on any atom is -0.229 e. The van der Waals surface area contributed by atoms with E-state index in [1.807, 2.05) is 6.92 Å². The van der Waals surface area contributed by atoms with Gasteiger partial charge in [-0.25, -0.2) is 8.42 Å². The highest BCUT2D eigenvalue weighted by atomic mass is 32.2. The molecule has 0 amide bonds. The van der Waals surface area contributed by atoms with Crippen LogP contribution < -0.4 is 0 Å². The summed E-state index contributed by atoms with van der Waals surface area (Å²) in [5, 5.41) is 8.95. The highest BCUT2D eigenvalue weighted by Crippen LogP contribution is 2.32. The van der Waals surface area contributed by atoms with Crippen molar-refractivity contribution < 1.29 is 8.42 Å². The van der Waals surface area contributed by atoms with Gasteiger partial charge in [-0.05, 0) is 13.3 Å². The zero-order chi connectivity index (χ0) is 10.2. The quantitative estimate of drug-likeness (QED) is 0.787. The Morgan fingerprint density at radius 1 is 1.50 bits per heavy atom. The average Bonchev–Trinajstić information content (AvgIpc) is 2.59. The molecule has 7 heteroatoms. The van der Waals surface area contributed by atoms with Crippen molar-refractivity contribution in [2.75, 3.05) is 11.5 Å². The first kappa shape index (κ1) is 10.4. The molecular formula is C7H10N2O2S3. The fraction of sp³-hybridized carbons (Fsp3) is 0.714. The molecular weight excluding hydrogens is 240 g/mol. The second-order valence-electron chi connectivity index (χ2n) is 3.23. The Kier molecular flexibility index (Phi) is 2.81. The van der Waals surface area contributed by atoms with Crippen molar-refractivity contribution in [1.82, 2.24) is 10.2 Å². The van der Waals surface area contributed by atoms with Gasteiger partial charge in [0.15, 0.2) is 14.2 Å². The molecule has 0 aliphatic carbocycles. The van der Waals surface area contributed by atoms with Crippen molar-refractivity contribution in [3.63, 3.8) is 0 Å². The molecule has 1 aliphatic rings. The Morgan fingerprint density at radius 2 is 2.29 bits per heavy atom. The van der Waals surface area contributed by atoms with E-state index >= 15 is 0 Å². The molecule has 0 radical (unpaired) electrons. The third-order valence-electron chi connectivity index (χ3n) is 1.97. The van der Waals surface area contributed by atoms with E-state index in [4.69, 9.17) is 0 Å². The zero-order valence-corrected chi connectivity index (χ0v) is 10.1. The fourth-order valence-electron chi connectivity index (χ4n) is 1.32. The van der Waals surface area contributed by atoms with Crippen molar-refractivity contribution in [1.29, 1.82) is 0 Å². The Hall–Kier alpha value is -0.140. The summed E-state index contributed by atoms with van der Waals surface area (Å²) in [6, 6.07) is 0. The summed E-state index contributed by atoms with van der Waals surface area (Å²) >= 11 is 3.06. The third-order valence-corrected chi connectivity index (χ3v) is 6.14. The van der Waals surface area contributed by atoms with Gasteiger partial charge in [-0.3, -0.25) is 0 Å². The first-order chi connectivity index (χ1) is 6.55. The molecule has 2 heterocycles. The zero-order valence-electron chi connectivity index (χ0n) is 7.63. The minimum atomic E-state index is -2.77. The van der Waals surface area contributed by atoms with Crippen LogP contribution in [0.2, 0.25) is 0 Å². The Balaban J connectivity index is 2.00. The number of nitrogens with zero attached hydrogens (tertiary/aromatic N) is 2.